The van der Waals surface area contributed by atoms with Gasteiger partial charge in [0.05, 0.1) is 6.61 Å². The lowest BCUT2D eigenvalue weighted by Crippen LogP contribution is -2.18. The number of rotatable bonds is 8. The topological polar surface area (TPSA) is 30.5 Å². The van der Waals surface area contributed by atoms with Crippen molar-refractivity contribution in [2.24, 2.45) is 0 Å². The second-order valence-electron chi connectivity index (χ2n) is 4.70. The summed E-state index contributed by atoms with van der Waals surface area (Å²) in [6.07, 6.45) is 0. The van der Waals surface area contributed by atoms with Crippen LogP contribution in [0.25, 0.3) is 0 Å². The lowest BCUT2D eigenvalue weighted by Gasteiger charge is -2.09. The zero-order valence-electron chi connectivity index (χ0n) is 12.1. The number of benzene rings is 2. The van der Waals surface area contributed by atoms with Gasteiger partial charge in [-0.2, -0.15) is 0 Å². The molecule has 0 amide bonds. The molecule has 0 spiro atoms. The van der Waals surface area contributed by atoms with Gasteiger partial charge in [-0.05, 0) is 23.8 Å². The van der Waals surface area contributed by atoms with Crippen LogP contribution in [0.5, 0.6) is 5.75 Å². The van der Waals surface area contributed by atoms with E-state index < -0.39 is 0 Å². The van der Waals surface area contributed by atoms with Gasteiger partial charge in [-0.25, -0.2) is 4.39 Å². The molecule has 2 aromatic carbocycles. The molecule has 2 aromatic rings. The summed E-state index contributed by atoms with van der Waals surface area (Å²) < 4.78 is 24.1. The predicted octanol–water partition coefficient (Wildman–Crippen LogP) is 3.14. The maximum absolute atomic E-state index is 13.5. The number of ether oxygens (including phenoxy) is 2. The average molecular weight is 289 g/mol. The van der Waals surface area contributed by atoms with Crippen molar-refractivity contribution in [1.29, 1.82) is 0 Å². The third-order valence-corrected chi connectivity index (χ3v) is 3.06. The van der Waals surface area contributed by atoms with E-state index in [0.717, 1.165) is 24.4 Å². The molecular formula is C17H20FNO2. The Morgan fingerprint density at radius 3 is 2.76 bits per heavy atom. The van der Waals surface area contributed by atoms with Crippen LogP contribution in [0.2, 0.25) is 0 Å². The first-order valence-corrected chi connectivity index (χ1v) is 6.94. The Balaban J connectivity index is 1.87. The second kappa shape index (κ2) is 8.39. The fourth-order valence-electron chi connectivity index (χ4n) is 1.93. The van der Waals surface area contributed by atoms with E-state index in [2.05, 4.69) is 5.32 Å². The van der Waals surface area contributed by atoms with Crippen molar-refractivity contribution in [3.63, 3.8) is 0 Å². The third-order valence-electron chi connectivity index (χ3n) is 3.06. The fraction of sp³-hybridized carbons (Fsp3) is 0.294. The molecule has 1 N–H and O–H groups in total. The van der Waals surface area contributed by atoms with E-state index in [9.17, 15) is 4.39 Å². The normalized spacial score (nSPS) is 10.6. The molecule has 2 rings (SSSR count). The van der Waals surface area contributed by atoms with Crippen LogP contribution in [0, 0.1) is 5.82 Å². The van der Waals surface area contributed by atoms with Crippen molar-refractivity contribution < 1.29 is 13.9 Å². The van der Waals surface area contributed by atoms with Gasteiger partial charge in [0.1, 0.15) is 18.2 Å². The summed E-state index contributed by atoms with van der Waals surface area (Å²) in [6.45, 7) is 2.47. The zero-order valence-corrected chi connectivity index (χ0v) is 12.1. The lowest BCUT2D eigenvalue weighted by atomic mass is 10.2. The lowest BCUT2D eigenvalue weighted by molar-refractivity contribution is 0.199. The van der Waals surface area contributed by atoms with Gasteiger partial charge in [-0.15, -0.1) is 0 Å². The molecule has 0 saturated carbocycles. The molecule has 112 valence electrons. The molecule has 0 aromatic heterocycles. The first kappa shape index (κ1) is 15.5. The van der Waals surface area contributed by atoms with Crippen LogP contribution < -0.4 is 10.1 Å². The Labute approximate surface area is 124 Å². The molecule has 4 heteroatoms. The minimum absolute atomic E-state index is 0.229. The molecule has 0 aliphatic carbocycles. The van der Waals surface area contributed by atoms with Gasteiger partial charge >= 0.3 is 0 Å². The summed E-state index contributed by atoms with van der Waals surface area (Å²) in [7, 11) is 1.68. The number of halogens is 1. The quantitative estimate of drug-likeness (QED) is 0.757. The molecule has 0 saturated heterocycles. The summed E-state index contributed by atoms with van der Waals surface area (Å²) >= 11 is 0. The number of hydrogen-bond donors (Lipinski definition) is 1. The maximum Gasteiger partial charge on any atom is 0.129 e. The molecule has 0 atom stereocenters. The van der Waals surface area contributed by atoms with Crippen LogP contribution in [-0.4, -0.2) is 20.3 Å². The standard InChI is InChI=1S/C17H20FNO2/c1-20-10-9-19-12-14-5-4-7-16(11-14)21-13-15-6-2-3-8-17(15)18/h2-8,11,19H,9-10,12-13H2,1H3. The molecular weight excluding hydrogens is 269 g/mol. The van der Waals surface area contributed by atoms with Crippen LogP contribution in [-0.2, 0) is 17.9 Å². The first-order chi connectivity index (χ1) is 10.3. The van der Waals surface area contributed by atoms with Crippen molar-refractivity contribution in [3.8, 4) is 5.75 Å². The second-order valence-corrected chi connectivity index (χ2v) is 4.70. The highest BCUT2D eigenvalue weighted by Gasteiger charge is 2.02. The first-order valence-electron chi connectivity index (χ1n) is 6.94. The fourth-order valence-corrected chi connectivity index (χ4v) is 1.93. The minimum Gasteiger partial charge on any atom is -0.489 e. The van der Waals surface area contributed by atoms with Gasteiger partial charge in [-0.1, -0.05) is 30.3 Å². The smallest absolute Gasteiger partial charge is 0.129 e. The molecule has 0 bridgehead atoms. The Morgan fingerprint density at radius 2 is 1.95 bits per heavy atom. The summed E-state index contributed by atoms with van der Waals surface area (Å²) in [5, 5.41) is 3.27. The van der Waals surface area contributed by atoms with Crippen molar-refractivity contribution >= 4 is 0 Å². The maximum atomic E-state index is 13.5. The average Bonchev–Trinajstić information content (AvgIpc) is 2.51. The van der Waals surface area contributed by atoms with Crippen LogP contribution in [0.4, 0.5) is 4.39 Å². The van der Waals surface area contributed by atoms with E-state index in [1.807, 2.05) is 24.3 Å². The van der Waals surface area contributed by atoms with E-state index in [-0.39, 0.29) is 12.4 Å². The van der Waals surface area contributed by atoms with Crippen LogP contribution in [0.3, 0.4) is 0 Å². The van der Waals surface area contributed by atoms with Gasteiger partial charge in [0.15, 0.2) is 0 Å². The summed E-state index contributed by atoms with van der Waals surface area (Å²) in [6, 6.07) is 14.4. The highest BCUT2D eigenvalue weighted by atomic mass is 19.1. The SMILES string of the molecule is COCCNCc1cccc(OCc2ccccc2F)c1. The molecule has 0 unspecified atom stereocenters. The highest BCUT2D eigenvalue weighted by molar-refractivity contribution is 5.29. The summed E-state index contributed by atoms with van der Waals surface area (Å²) in [5.74, 6) is 0.499. The highest BCUT2D eigenvalue weighted by Crippen LogP contribution is 2.16. The van der Waals surface area contributed by atoms with Crippen LogP contribution in [0.1, 0.15) is 11.1 Å². The van der Waals surface area contributed by atoms with E-state index in [0.29, 0.717) is 12.2 Å². The van der Waals surface area contributed by atoms with Crippen LogP contribution >= 0.6 is 0 Å². The van der Waals surface area contributed by atoms with E-state index in [1.165, 1.54) is 6.07 Å². The minimum atomic E-state index is -0.241. The molecule has 0 aliphatic heterocycles. The number of nitrogens with one attached hydrogen (secondary N) is 1. The van der Waals surface area contributed by atoms with Crippen molar-refractivity contribution in [3.05, 3.63) is 65.5 Å². The number of methoxy groups -OCH3 is 1. The molecule has 0 fully saturated rings. The van der Waals surface area contributed by atoms with Gasteiger partial charge in [0, 0.05) is 25.8 Å². The van der Waals surface area contributed by atoms with Crippen molar-refractivity contribution in [2.75, 3.05) is 20.3 Å². The third kappa shape index (κ3) is 5.17. The molecule has 0 heterocycles. The molecule has 0 radical (unpaired) electrons. The Morgan fingerprint density at radius 1 is 1.10 bits per heavy atom. The Bertz CT molecular complexity index is 560. The van der Waals surface area contributed by atoms with Crippen molar-refractivity contribution in [2.45, 2.75) is 13.2 Å². The molecule has 21 heavy (non-hydrogen) atoms. The Kier molecular flexibility index (Phi) is 6.19. The number of hydrogen-bond acceptors (Lipinski definition) is 3. The van der Waals surface area contributed by atoms with E-state index in [4.69, 9.17) is 9.47 Å². The van der Waals surface area contributed by atoms with E-state index in [1.54, 1.807) is 25.3 Å². The van der Waals surface area contributed by atoms with Crippen molar-refractivity contribution in [1.82, 2.24) is 5.32 Å². The largest absolute Gasteiger partial charge is 0.489 e. The van der Waals surface area contributed by atoms with E-state index >= 15 is 0 Å². The summed E-state index contributed by atoms with van der Waals surface area (Å²) in [5.41, 5.74) is 1.68. The van der Waals surface area contributed by atoms with Gasteiger partial charge in [0.25, 0.3) is 0 Å². The van der Waals surface area contributed by atoms with Crippen LogP contribution in [0.15, 0.2) is 48.5 Å². The monoisotopic (exact) mass is 289 g/mol. The van der Waals surface area contributed by atoms with Gasteiger partial charge in [-0.3, -0.25) is 0 Å². The van der Waals surface area contributed by atoms with Gasteiger partial charge < -0.3 is 14.8 Å². The predicted molar refractivity (Wildman–Crippen MR) is 80.8 cm³/mol. The summed E-state index contributed by atoms with van der Waals surface area (Å²) in [4.78, 5) is 0. The molecule has 0 aliphatic rings. The Hall–Kier alpha value is -1.91. The van der Waals surface area contributed by atoms with Gasteiger partial charge in [0.2, 0.25) is 0 Å². The molecule has 3 nitrogen and oxygen atoms in total. The zero-order chi connectivity index (χ0) is 14.9.